The van der Waals surface area contributed by atoms with Crippen molar-refractivity contribution in [2.45, 2.75) is 19.6 Å². The molecule has 0 aliphatic carbocycles. The van der Waals surface area contributed by atoms with E-state index >= 15 is 0 Å². The molecule has 0 unspecified atom stereocenters. The van der Waals surface area contributed by atoms with Gasteiger partial charge in [-0.05, 0) is 42.8 Å². The Hall–Kier alpha value is -2.63. The van der Waals surface area contributed by atoms with Gasteiger partial charge in [-0.15, -0.1) is 0 Å². The van der Waals surface area contributed by atoms with Gasteiger partial charge in [0.1, 0.15) is 0 Å². The van der Waals surface area contributed by atoms with Gasteiger partial charge >= 0.3 is 6.18 Å². The summed E-state index contributed by atoms with van der Waals surface area (Å²) in [6.07, 6.45) is -4.38. The number of anilines is 1. The highest BCUT2D eigenvalue weighted by molar-refractivity contribution is 7.89. The number of carbonyl (C=O) groups excluding carboxylic acids is 1. The lowest BCUT2D eigenvalue weighted by Gasteiger charge is -2.36. The minimum absolute atomic E-state index is 0.0939. The molecule has 0 aromatic heterocycles. The molecule has 2 heterocycles. The highest BCUT2D eigenvalue weighted by Gasteiger charge is 2.31. The van der Waals surface area contributed by atoms with Gasteiger partial charge in [-0.3, -0.25) is 9.69 Å². The SMILES string of the molecule is CCS(=O)(=O)N1CCN(Cc2ccc(C(=O)N3CCN(c4cccc(C(F)(F)F)c4)CC3)cc2)CC1. The molecule has 196 valence electrons. The lowest BCUT2D eigenvalue weighted by atomic mass is 10.1. The van der Waals surface area contributed by atoms with Gasteiger partial charge < -0.3 is 9.80 Å². The average molecular weight is 525 g/mol. The van der Waals surface area contributed by atoms with Gasteiger partial charge in [-0.25, -0.2) is 8.42 Å². The van der Waals surface area contributed by atoms with Crippen LogP contribution in [-0.2, 0) is 22.7 Å². The number of hydrogen-bond acceptors (Lipinski definition) is 5. The first-order valence-corrected chi connectivity index (χ1v) is 13.7. The Bertz CT molecular complexity index is 1160. The molecule has 0 N–H and O–H groups in total. The van der Waals surface area contributed by atoms with Gasteiger partial charge in [-0.1, -0.05) is 18.2 Å². The van der Waals surface area contributed by atoms with Crippen LogP contribution in [0, 0.1) is 0 Å². The number of benzene rings is 2. The Morgan fingerprint density at radius 3 is 2.11 bits per heavy atom. The zero-order valence-electron chi connectivity index (χ0n) is 20.2. The van der Waals surface area contributed by atoms with Crippen molar-refractivity contribution in [3.05, 3.63) is 65.2 Å². The van der Waals surface area contributed by atoms with Crippen LogP contribution in [0.25, 0.3) is 0 Å². The summed E-state index contributed by atoms with van der Waals surface area (Å²) in [7, 11) is -3.15. The monoisotopic (exact) mass is 524 g/mol. The standard InChI is InChI=1S/C25H31F3N4O3S/c1-2-36(34,35)32-16-10-29(11-17-32)19-20-6-8-21(9-7-20)24(33)31-14-12-30(13-15-31)23-5-3-4-22(18-23)25(26,27)28/h3-9,18H,2,10-17,19H2,1H3. The second kappa shape index (κ2) is 10.8. The van der Waals surface area contributed by atoms with Gasteiger partial charge in [0, 0.05) is 70.2 Å². The number of amides is 1. The number of piperazine rings is 2. The molecule has 2 saturated heterocycles. The summed E-state index contributed by atoms with van der Waals surface area (Å²) in [4.78, 5) is 18.8. The summed E-state index contributed by atoms with van der Waals surface area (Å²) >= 11 is 0. The van der Waals surface area contributed by atoms with E-state index in [2.05, 4.69) is 4.90 Å². The number of halogens is 3. The Morgan fingerprint density at radius 1 is 0.889 bits per heavy atom. The Labute approximate surface area is 210 Å². The molecule has 36 heavy (non-hydrogen) atoms. The van der Waals surface area contributed by atoms with Crippen molar-refractivity contribution in [2.24, 2.45) is 0 Å². The predicted molar refractivity (Wildman–Crippen MR) is 132 cm³/mol. The fraction of sp³-hybridized carbons (Fsp3) is 0.480. The van der Waals surface area contributed by atoms with E-state index in [0.29, 0.717) is 70.2 Å². The minimum atomic E-state index is -4.38. The Balaban J connectivity index is 1.28. The van der Waals surface area contributed by atoms with Gasteiger partial charge in [0.15, 0.2) is 0 Å². The lowest BCUT2D eigenvalue weighted by molar-refractivity contribution is -0.137. The second-order valence-corrected chi connectivity index (χ2v) is 11.4. The number of hydrogen-bond donors (Lipinski definition) is 0. The van der Waals surface area contributed by atoms with E-state index in [4.69, 9.17) is 0 Å². The molecule has 4 rings (SSSR count). The van der Waals surface area contributed by atoms with E-state index in [1.54, 1.807) is 30.0 Å². The van der Waals surface area contributed by atoms with E-state index in [-0.39, 0.29) is 11.7 Å². The zero-order valence-corrected chi connectivity index (χ0v) is 21.1. The van der Waals surface area contributed by atoms with Gasteiger partial charge in [0.05, 0.1) is 11.3 Å². The topological polar surface area (TPSA) is 64.2 Å². The van der Waals surface area contributed by atoms with Gasteiger partial charge in [0.2, 0.25) is 10.0 Å². The first-order chi connectivity index (χ1) is 17.1. The molecule has 0 saturated carbocycles. The van der Waals surface area contributed by atoms with Crippen LogP contribution < -0.4 is 4.90 Å². The maximum Gasteiger partial charge on any atom is 0.416 e. The van der Waals surface area contributed by atoms with Crippen LogP contribution in [0.1, 0.15) is 28.4 Å². The van der Waals surface area contributed by atoms with Gasteiger partial charge in [-0.2, -0.15) is 17.5 Å². The van der Waals surface area contributed by atoms with Crippen LogP contribution in [-0.4, -0.2) is 86.5 Å². The number of rotatable bonds is 6. The largest absolute Gasteiger partial charge is 0.416 e. The summed E-state index contributed by atoms with van der Waals surface area (Å²) in [5.74, 6) is 0.0200. The van der Waals surface area contributed by atoms with Crippen molar-refractivity contribution in [3.8, 4) is 0 Å². The average Bonchev–Trinajstić information content (AvgIpc) is 2.89. The Morgan fingerprint density at radius 2 is 1.53 bits per heavy atom. The van der Waals surface area contributed by atoms with E-state index in [9.17, 15) is 26.4 Å². The molecule has 0 atom stereocenters. The van der Waals surface area contributed by atoms with Crippen LogP contribution >= 0.6 is 0 Å². The first kappa shape index (κ1) is 26.4. The van der Waals surface area contributed by atoms with Gasteiger partial charge in [0.25, 0.3) is 5.91 Å². The fourth-order valence-corrected chi connectivity index (χ4v) is 5.67. The Kier molecular flexibility index (Phi) is 7.91. The predicted octanol–water partition coefficient (Wildman–Crippen LogP) is 3.14. The molecule has 0 bridgehead atoms. The van der Waals surface area contributed by atoms with Crippen molar-refractivity contribution in [1.82, 2.24) is 14.1 Å². The maximum absolute atomic E-state index is 13.0. The van der Waals surface area contributed by atoms with Crippen molar-refractivity contribution in [3.63, 3.8) is 0 Å². The molecule has 2 aliphatic heterocycles. The molecule has 0 spiro atoms. The third kappa shape index (κ3) is 6.19. The quantitative estimate of drug-likeness (QED) is 0.581. The maximum atomic E-state index is 13.0. The van der Waals surface area contributed by atoms with Crippen molar-refractivity contribution >= 4 is 21.6 Å². The summed E-state index contributed by atoms with van der Waals surface area (Å²) in [6, 6.07) is 12.7. The van der Waals surface area contributed by atoms with Crippen LogP contribution in [0.3, 0.4) is 0 Å². The van der Waals surface area contributed by atoms with Crippen LogP contribution in [0.4, 0.5) is 18.9 Å². The van der Waals surface area contributed by atoms with Crippen molar-refractivity contribution in [1.29, 1.82) is 0 Å². The molecular weight excluding hydrogens is 493 g/mol. The molecule has 1 amide bonds. The van der Waals surface area contributed by atoms with Crippen LogP contribution in [0.15, 0.2) is 48.5 Å². The van der Waals surface area contributed by atoms with E-state index in [0.717, 1.165) is 17.7 Å². The van der Waals surface area contributed by atoms with E-state index < -0.39 is 21.8 Å². The normalized spacial score (nSPS) is 18.4. The van der Waals surface area contributed by atoms with Crippen molar-refractivity contribution < 1.29 is 26.4 Å². The third-order valence-corrected chi connectivity index (χ3v) is 8.68. The molecule has 11 heteroatoms. The minimum Gasteiger partial charge on any atom is -0.368 e. The van der Waals surface area contributed by atoms with Crippen LogP contribution in [0.2, 0.25) is 0 Å². The molecule has 7 nitrogen and oxygen atoms in total. The number of nitrogens with zero attached hydrogens (tertiary/aromatic N) is 4. The number of alkyl halides is 3. The molecule has 2 aromatic carbocycles. The summed E-state index contributed by atoms with van der Waals surface area (Å²) in [6.45, 7) is 6.43. The highest BCUT2D eigenvalue weighted by atomic mass is 32.2. The third-order valence-electron chi connectivity index (χ3n) is 6.80. The number of carbonyl (C=O) groups is 1. The second-order valence-electron chi connectivity index (χ2n) is 9.10. The molecular formula is C25H31F3N4O3S. The number of sulfonamides is 1. The summed E-state index contributed by atoms with van der Waals surface area (Å²) in [5.41, 5.74) is 1.46. The lowest BCUT2D eigenvalue weighted by Crippen LogP contribution is -2.49. The van der Waals surface area contributed by atoms with Crippen molar-refractivity contribution in [2.75, 3.05) is 63.0 Å². The van der Waals surface area contributed by atoms with E-state index in [1.807, 2.05) is 17.0 Å². The first-order valence-electron chi connectivity index (χ1n) is 12.1. The summed E-state index contributed by atoms with van der Waals surface area (Å²) in [5, 5.41) is 0. The van der Waals surface area contributed by atoms with E-state index in [1.165, 1.54) is 10.4 Å². The highest BCUT2D eigenvalue weighted by Crippen LogP contribution is 2.32. The molecule has 2 fully saturated rings. The molecule has 2 aliphatic rings. The molecule has 2 aromatic rings. The summed E-state index contributed by atoms with van der Waals surface area (Å²) < 4.78 is 64.7. The zero-order chi connectivity index (χ0) is 25.9. The smallest absolute Gasteiger partial charge is 0.368 e. The molecule has 0 radical (unpaired) electrons. The fourth-order valence-electron chi connectivity index (χ4n) is 4.59. The van der Waals surface area contributed by atoms with Crippen LogP contribution in [0.5, 0.6) is 0 Å².